The van der Waals surface area contributed by atoms with E-state index in [4.69, 9.17) is 4.42 Å². The summed E-state index contributed by atoms with van der Waals surface area (Å²) in [4.78, 5) is 9.08. The molecule has 5 heteroatoms. The lowest BCUT2D eigenvalue weighted by atomic mass is 10.1. The van der Waals surface area contributed by atoms with Crippen molar-refractivity contribution in [1.82, 2.24) is 14.5 Å². The van der Waals surface area contributed by atoms with Crippen molar-refractivity contribution in [2.24, 2.45) is 0 Å². The molecule has 4 aromatic rings. The minimum absolute atomic E-state index is 0.652. The van der Waals surface area contributed by atoms with Gasteiger partial charge in [-0.1, -0.05) is 36.0 Å². The van der Waals surface area contributed by atoms with E-state index in [9.17, 15) is 0 Å². The van der Waals surface area contributed by atoms with Gasteiger partial charge in [0.25, 0.3) is 0 Å². The Morgan fingerprint density at radius 3 is 2.69 bits per heavy atom. The number of benzene rings is 2. The summed E-state index contributed by atoms with van der Waals surface area (Å²) >= 11 is 1.65. The highest BCUT2D eigenvalue weighted by molar-refractivity contribution is 7.98. The summed E-state index contributed by atoms with van der Waals surface area (Å²) in [7, 11) is 0. The average molecular weight is 361 g/mol. The summed E-state index contributed by atoms with van der Waals surface area (Å²) in [5, 5.41) is 0.942. The number of imidazole rings is 1. The second kappa shape index (κ2) is 7.22. The average Bonchev–Trinajstić information content (AvgIpc) is 3.32. The van der Waals surface area contributed by atoms with E-state index in [0.717, 1.165) is 22.1 Å². The van der Waals surface area contributed by atoms with E-state index in [1.807, 2.05) is 42.7 Å². The number of aryl methyl sites for hydroxylation is 2. The molecule has 4 rings (SSSR count). The molecule has 0 atom stereocenters. The Labute approximate surface area is 156 Å². The van der Waals surface area contributed by atoms with Crippen molar-refractivity contribution in [3.63, 3.8) is 0 Å². The molecule has 0 radical (unpaired) electrons. The Hall–Kier alpha value is -2.79. The molecule has 2 aromatic heterocycles. The van der Waals surface area contributed by atoms with Crippen LogP contribution in [0.25, 0.3) is 17.1 Å². The fourth-order valence-electron chi connectivity index (χ4n) is 2.69. The Kier molecular flexibility index (Phi) is 4.63. The van der Waals surface area contributed by atoms with Gasteiger partial charge in [0.15, 0.2) is 5.16 Å². The molecular formula is C21H19N3OS. The van der Waals surface area contributed by atoms with Gasteiger partial charge in [0.2, 0.25) is 5.89 Å². The van der Waals surface area contributed by atoms with E-state index in [1.54, 1.807) is 18.0 Å². The first-order chi connectivity index (χ1) is 12.7. The van der Waals surface area contributed by atoms with Crippen molar-refractivity contribution in [1.29, 1.82) is 0 Å². The van der Waals surface area contributed by atoms with E-state index in [-0.39, 0.29) is 0 Å². The fourth-order valence-corrected chi connectivity index (χ4v) is 3.54. The molecule has 0 saturated carbocycles. The van der Waals surface area contributed by atoms with E-state index in [1.165, 1.54) is 11.1 Å². The van der Waals surface area contributed by atoms with E-state index >= 15 is 0 Å². The summed E-state index contributed by atoms with van der Waals surface area (Å²) in [6, 6.07) is 16.4. The summed E-state index contributed by atoms with van der Waals surface area (Å²) in [6.45, 7) is 4.25. The van der Waals surface area contributed by atoms with Gasteiger partial charge in [-0.3, -0.25) is 4.57 Å². The standard InChI is InChI=1S/C21H19N3OS/c1-15-8-9-19(12-16(15)2)24-11-10-22-21(24)26-14-18-13-25-20(23-18)17-6-4-3-5-7-17/h3-13H,14H2,1-2H3. The lowest BCUT2D eigenvalue weighted by Crippen LogP contribution is -1.96. The SMILES string of the molecule is Cc1ccc(-n2ccnc2SCc2coc(-c3ccccc3)n2)cc1C. The van der Waals surface area contributed by atoms with Gasteiger partial charge in [-0.05, 0) is 49.2 Å². The molecule has 0 saturated heterocycles. The van der Waals surface area contributed by atoms with Crippen molar-refractivity contribution < 1.29 is 4.42 Å². The number of hydrogen-bond donors (Lipinski definition) is 0. The van der Waals surface area contributed by atoms with Gasteiger partial charge in [-0.2, -0.15) is 0 Å². The Morgan fingerprint density at radius 1 is 1.04 bits per heavy atom. The number of aromatic nitrogens is 3. The molecule has 130 valence electrons. The Bertz CT molecular complexity index is 1020. The number of thioether (sulfide) groups is 1. The summed E-state index contributed by atoms with van der Waals surface area (Å²) < 4.78 is 7.72. The Balaban J connectivity index is 1.50. The van der Waals surface area contributed by atoms with Crippen molar-refractivity contribution in [3.05, 3.63) is 84.0 Å². The van der Waals surface area contributed by atoms with Crippen LogP contribution in [0.2, 0.25) is 0 Å². The first kappa shape index (κ1) is 16.7. The number of hydrogen-bond acceptors (Lipinski definition) is 4. The molecule has 0 bridgehead atoms. The van der Waals surface area contributed by atoms with Crippen molar-refractivity contribution in [3.8, 4) is 17.1 Å². The zero-order valence-electron chi connectivity index (χ0n) is 14.7. The molecule has 26 heavy (non-hydrogen) atoms. The van der Waals surface area contributed by atoms with Crippen LogP contribution in [0.3, 0.4) is 0 Å². The van der Waals surface area contributed by atoms with Crippen LogP contribution in [0.1, 0.15) is 16.8 Å². The van der Waals surface area contributed by atoms with Crippen LogP contribution in [-0.4, -0.2) is 14.5 Å². The third-order valence-electron chi connectivity index (χ3n) is 4.30. The summed E-state index contributed by atoms with van der Waals surface area (Å²) in [6.07, 6.45) is 5.54. The van der Waals surface area contributed by atoms with Crippen molar-refractivity contribution >= 4 is 11.8 Å². The minimum atomic E-state index is 0.652. The van der Waals surface area contributed by atoms with Crippen molar-refractivity contribution in [2.75, 3.05) is 0 Å². The predicted molar refractivity (Wildman–Crippen MR) is 105 cm³/mol. The van der Waals surface area contributed by atoms with E-state index in [2.05, 4.69) is 46.6 Å². The van der Waals surface area contributed by atoms with Crippen LogP contribution in [0.15, 0.2) is 76.8 Å². The van der Waals surface area contributed by atoms with Gasteiger partial charge in [-0.15, -0.1) is 0 Å². The second-order valence-electron chi connectivity index (χ2n) is 6.15. The molecular weight excluding hydrogens is 342 g/mol. The Morgan fingerprint density at radius 2 is 1.88 bits per heavy atom. The van der Waals surface area contributed by atoms with Gasteiger partial charge in [0.05, 0.1) is 5.69 Å². The van der Waals surface area contributed by atoms with E-state index < -0.39 is 0 Å². The molecule has 0 N–H and O–H groups in total. The van der Waals surface area contributed by atoms with Gasteiger partial charge >= 0.3 is 0 Å². The molecule has 0 aliphatic rings. The normalized spacial score (nSPS) is 11.0. The molecule has 2 aromatic carbocycles. The zero-order chi connectivity index (χ0) is 17.9. The van der Waals surface area contributed by atoms with Crippen LogP contribution in [0, 0.1) is 13.8 Å². The van der Waals surface area contributed by atoms with Crippen LogP contribution in [-0.2, 0) is 5.75 Å². The van der Waals surface area contributed by atoms with Crippen molar-refractivity contribution in [2.45, 2.75) is 24.8 Å². The van der Waals surface area contributed by atoms with E-state index in [0.29, 0.717) is 11.6 Å². The molecule has 0 unspecified atom stereocenters. The van der Waals surface area contributed by atoms with Gasteiger partial charge in [0.1, 0.15) is 6.26 Å². The molecule has 4 nitrogen and oxygen atoms in total. The fraction of sp³-hybridized carbons (Fsp3) is 0.143. The summed E-state index contributed by atoms with van der Waals surface area (Å²) in [5.41, 5.74) is 5.58. The second-order valence-corrected chi connectivity index (χ2v) is 7.09. The van der Waals surface area contributed by atoms with Gasteiger partial charge in [0, 0.05) is 29.4 Å². The lowest BCUT2D eigenvalue weighted by molar-refractivity contribution is 0.573. The zero-order valence-corrected chi connectivity index (χ0v) is 15.5. The maximum Gasteiger partial charge on any atom is 0.226 e. The quantitative estimate of drug-likeness (QED) is 0.444. The molecule has 0 aliphatic carbocycles. The van der Waals surface area contributed by atoms with Crippen LogP contribution >= 0.6 is 11.8 Å². The largest absolute Gasteiger partial charge is 0.444 e. The highest BCUT2D eigenvalue weighted by Crippen LogP contribution is 2.26. The third kappa shape index (κ3) is 3.44. The molecule has 0 amide bonds. The minimum Gasteiger partial charge on any atom is -0.444 e. The number of rotatable bonds is 5. The highest BCUT2D eigenvalue weighted by Gasteiger charge is 2.10. The number of oxazole rings is 1. The molecule has 0 fully saturated rings. The van der Waals surface area contributed by atoms with Crippen LogP contribution < -0.4 is 0 Å². The smallest absolute Gasteiger partial charge is 0.226 e. The molecule has 0 spiro atoms. The summed E-state index contributed by atoms with van der Waals surface area (Å²) in [5.74, 6) is 1.36. The molecule has 0 aliphatic heterocycles. The van der Waals surface area contributed by atoms with Crippen LogP contribution in [0.4, 0.5) is 0 Å². The van der Waals surface area contributed by atoms with Gasteiger partial charge < -0.3 is 4.42 Å². The van der Waals surface area contributed by atoms with Gasteiger partial charge in [-0.25, -0.2) is 9.97 Å². The topological polar surface area (TPSA) is 43.9 Å². The first-order valence-corrected chi connectivity index (χ1v) is 9.43. The van der Waals surface area contributed by atoms with Crippen LogP contribution in [0.5, 0.6) is 0 Å². The predicted octanol–water partition coefficient (Wildman–Crippen LogP) is 5.44. The first-order valence-electron chi connectivity index (χ1n) is 8.44. The third-order valence-corrected chi connectivity index (χ3v) is 5.30. The maximum atomic E-state index is 5.61. The lowest BCUT2D eigenvalue weighted by Gasteiger charge is -2.09. The number of nitrogens with zero attached hydrogens (tertiary/aromatic N) is 3. The highest BCUT2D eigenvalue weighted by atomic mass is 32.2. The monoisotopic (exact) mass is 361 g/mol. The molecule has 2 heterocycles. The maximum absolute atomic E-state index is 5.61.